The third-order valence-electron chi connectivity index (χ3n) is 9.28. The molecule has 0 spiro atoms. The third-order valence-corrected chi connectivity index (χ3v) is 10.4. The largest absolute Gasteiger partial charge is 0.310 e. The van der Waals surface area contributed by atoms with Crippen molar-refractivity contribution in [3.63, 3.8) is 0 Å². The van der Waals surface area contributed by atoms with Gasteiger partial charge in [0.15, 0.2) is 0 Å². The Bertz CT molecular complexity index is 2560. The highest BCUT2D eigenvalue weighted by atomic mass is 32.1. The molecule has 0 saturated heterocycles. The molecule has 9 aromatic rings. The number of rotatable bonds is 6. The summed E-state index contributed by atoms with van der Waals surface area (Å²) >= 11 is 1.86. The molecular weight excluding hydrogens is 599 g/mol. The summed E-state index contributed by atoms with van der Waals surface area (Å²) in [4.78, 5) is 2.42. The van der Waals surface area contributed by atoms with Crippen LogP contribution < -0.4 is 4.90 Å². The Morgan fingerprint density at radius 3 is 1.85 bits per heavy atom. The second kappa shape index (κ2) is 12.0. The van der Waals surface area contributed by atoms with Gasteiger partial charge in [0, 0.05) is 37.1 Å². The number of thiophene rings is 1. The van der Waals surface area contributed by atoms with Gasteiger partial charge in [0.2, 0.25) is 0 Å². The molecule has 0 aliphatic rings. The minimum atomic E-state index is 1.11. The lowest BCUT2D eigenvalue weighted by Gasteiger charge is -2.29. The highest BCUT2D eigenvalue weighted by molar-refractivity contribution is 7.25. The average molecular weight is 630 g/mol. The van der Waals surface area contributed by atoms with Crippen molar-refractivity contribution in [2.45, 2.75) is 0 Å². The monoisotopic (exact) mass is 629 g/mol. The number of anilines is 3. The number of hydrogen-bond donors (Lipinski definition) is 0. The summed E-state index contributed by atoms with van der Waals surface area (Å²) in [5, 5.41) is 5.12. The Balaban J connectivity index is 1.25. The molecule has 48 heavy (non-hydrogen) atoms. The Hall–Kier alpha value is -5.96. The zero-order chi connectivity index (χ0) is 31.9. The molecule has 0 N–H and O–H groups in total. The smallest absolute Gasteiger partial charge is 0.0540 e. The molecule has 0 atom stereocenters. The first-order valence-electron chi connectivity index (χ1n) is 16.4. The molecular formula is C46H31NS. The lowest BCUT2D eigenvalue weighted by Crippen LogP contribution is -2.11. The van der Waals surface area contributed by atoms with Crippen molar-refractivity contribution in [3.05, 3.63) is 188 Å². The van der Waals surface area contributed by atoms with Gasteiger partial charge in [-0.05, 0) is 81.1 Å². The van der Waals surface area contributed by atoms with E-state index in [0.29, 0.717) is 0 Å². The van der Waals surface area contributed by atoms with Crippen molar-refractivity contribution < 1.29 is 0 Å². The van der Waals surface area contributed by atoms with Gasteiger partial charge in [-0.3, -0.25) is 0 Å². The summed E-state index contributed by atoms with van der Waals surface area (Å²) in [5.41, 5.74) is 10.7. The topological polar surface area (TPSA) is 3.24 Å². The first kappa shape index (κ1) is 28.3. The summed E-state index contributed by atoms with van der Waals surface area (Å²) in [6.45, 7) is 0. The van der Waals surface area contributed by atoms with E-state index in [1.807, 2.05) is 11.3 Å². The number of fused-ring (bicyclic) bond motifs is 4. The summed E-state index contributed by atoms with van der Waals surface area (Å²) in [5.74, 6) is 0. The second-order valence-electron chi connectivity index (χ2n) is 12.1. The predicted octanol–water partition coefficient (Wildman–Crippen LogP) is 13.7. The molecule has 1 nitrogen and oxygen atoms in total. The van der Waals surface area contributed by atoms with Crippen LogP contribution in [0.2, 0.25) is 0 Å². The zero-order valence-electron chi connectivity index (χ0n) is 26.3. The van der Waals surface area contributed by atoms with Crippen LogP contribution in [-0.2, 0) is 0 Å². The van der Waals surface area contributed by atoms with Crippen LogP contribution in [0.5, 0.6) is 0 Å². The van der Waals surface area contributed by atoms with E-state index < -0.39 is 0 Å². The Morgan fingerprint density at radius 1 is 0.354 bits per heavy atom. The fourth-order valence-corrected chi connectivity index (χ4v) is 8.18. The van der Waals surface area contributed by atoms with Crippen molar-refractivity contribution in [1.82, 2.24) is 0 Å². The van der Waals surface area contributed by atoms with Gasteiger partial charge in [-0.25, -0.2) is 0 Å². The van der Waals surface area contributed by atoms with Gasteiger partial charge in [0.05, 0.1) is 5.69 Å². The van der Waals surface area contributed by atoms with Crippen molar-refractivity contribution >= 4 is 59.3 Å². The Morgan fingerprint density at radius 2 is 0.958 bits per heavy atom. The lowest BCUT2D eigenvalue weighted by molar-refractivity contribution is 1.28. The maximum atomic E-state index is 2.42. The van der Waals surface area contributed by atoms with E-state index >= 15 is 0 Å². The van der Waals surface area contributed by atoms with Crippen molar-refractivity contribution in [2.24, 2.45) is 0 Å². The first-order chi connectivity index (χ1) is 23.8. The average Bonchev–Trinajstić information content (AvgIpc) is 3.55. The third kappa shape index (κ3) is 4.95. The van der Waals surface area contributed by atoms with Gasteiger partial charge in [-0.1, -0.05) is 146 Å². The van der Waals surface area contributed by atoms with Crippen molar-refractivity contribution in [1.29, 1.82) is 0 Å². The minimum absolute atomic E-state index is 1.11. The van der Waals surface area contributed by atoms with Gasteiger partial charge in [0.1, 0.15) is 0 Å². The molecule has 0 saturated carbocycles. The van der Waals surface area contributed by atoms with Gasteiger partial charge >= 0.3 is 0 Å². The minimum Gasteiger partial charge on any atom is -0.310 e. The van der Waals surface area contributed by atoms with Gasteiger partial charge in [-0.15, -0.1) is 11.3 Å². The van der Waals surface area contributed by atoms with Gasteiger partial charge in [-0.2, -0.15) is 0 Å². The summed E-state index contributed by atoms with van der Waals surface area (Å²) < 4.78 is 2.63. The standard InChI is InChI=1S/C46H31NS/c1-2-13-32(14-3-1)33-27-29-36(30-28-33)47(43-24-8-6-20-41(43)40-23-11-16-34-15-4-5-19-38(34)40)37-18-10-17-35(31-37)39-22-12-26-45-46(39)42-21-7-9-25-44(42)48-45/h1-31H. The van der Waals surface area contributed by atoms with E-state index in [9.17, 15) is 0 Å². The maximum absolute atomic E-state index is 2.42. The van der Waals surface area contributed by atoms with E-state index in [0.717, 1.165) is 17.1 Å². The molecule has 8 aromatic carbocycles. The zero-order valence-corrected chi connectivity index (χ0v) is 27.1. The van der Waals surface area contributed by atoms with Crippen LogP contribution in [0.1, 0.15) is 0 Å². The van der Waals surface area contributed by atoms with Crippen LogP contribution in [-0.4, -0.2) is 0 Å². The first-order valence-corrected chi connectivity index (χ1v) is 17.2. The summed E-state index contributed by atoms with van der Waals surface area (Å²) in [6, 6.07) is 68.1. The molecule has 0 bridgehead atoms. The highest BCUT2D eigenvalue weighted by Crippen LogP contribution is 2.45. The molecule has 0 amide bonds. The fraction of sp³-hybridized carbons (Fsp3) is 0. The van der Waals surface area contributed by atoms with Crippen LogP contribution in [0.25, 0.3) is 64.3 Å². The fourth-order valence-electron chi connectivity index (χ4n) is 7.05. The van der Waals surface area contributed by atoms with E-state index in [2.05, 4.69) is 193 Å². The summed E-state index contributed by atoms with van der Waals surface area (Å²) in [7, 11) is 0. The molecule has 0 fully saturated rings. The molecule has 0 aliphatic carbocycles. The van der Waals surface area contributed by atoms with Crippen LogP contribution >= 0.6 is 11.3 Å². The molecule has 1 heterocycles. The van der Waals surface area contributed by atoms with Crippen LogP contribution in [0, 0.1) is 0 Å². The van der Waals surface area contributed by atoms with E-state index in [1.165, 1.54) is 64.3 Å². The SMILES string of the molecule is c1ccc(-c2ccc(N(c3cccc(-c4cccc5sc6ccccc6c45)c3)c3ccccc3-c3cccc4ccccc34)cc2)cc1. The lowest BCUT2D eigenvalue weighted by atomic mass is 9.95. The number of nitrogens with zero attached hydrogens (tertiary/aromatic N) is 1. The number of para-hydroxylation sites is 1. The van der Waals surface area contributed by atoms with Crippen LogP contribution in [0.4, 0.5) is 17.1 Å². The highest BCUT2D eigenvalue weighted by Gasteiger charge is 2.19. The maximum Gasteiger partial charge on any atom is 0.0540 e. The molecule has 226 valence electrons. The molecule has 0 aliphatic heterocycles. The predicted molar refractivity (Wildman–Crippen MR) is 208 cm³/mol. The normalized spacial score (nSPS) is 11.3. The Labute approximate surface area is 284 Å². The molecule has 0 unspecified atom stereocenters. The molecule has 2 heteroatoms. The Kier molecular flexibility index (Phi) is 7.07. The number of hydrogen-bond acceptors (Lipinski definition) is 2. The van der Waals surface area contributed by atoms with E-state index in [4.69, 9.17) is 0 Å². The van der Waals surface area contributed by atoms with Gasteiger partial charge < -0.3 is 4.90 Å². The van der Waals surface area contributed by atoms with Gasteiger partial charge in [0.25, 0.3) is 0 Å². The van der Waals surface area contributed by atoms with Crippen LogP contribution in [0.15, 0.2) is 188 Å². The molecule has 0 radical (unpaired) electrons. The molecule has 9 rings (SSSR count). The van der Waals surface area contributed by atoms with Crippen LogP contribution in [0.3, 0.4) is 0 Å². The number of benzene rings is 8. The quantitative estimate of drug-likeness (QED) is 0.177. The van der Waals surface area contributed by atoms with E-state index in [1.54, 1.807) is 0 Å². The second-order valence-corrected chi connectivity index (χ2v) is 13.2. The summed E-state index contributed by atoms with van der Waals surface area (Å²) in [6.07, 6.45) is 0. The van der Waals surface area contributed by atoms with Crippen molar-refractivity contribution in [3.8, 4) is 33.4 Å². The van der Waals surface area contributed by atoms with Crippen molar-refractivity contribution in [2.75, 3.05) is 4.90 Å². The van der Waals surface area contributed by atoms with E-state index in [-0.39, 0.29) is 0 Å². The molecule has 1 aromatic heterocycles.